The van der Waals surface area contributed by atoms with Crippen molar-refractivity contribution >= 4 is 40.8 Å². The van der Waals surface area contributed by atoms with Crippen LogP contribution in [0.4, 0.5) is 17.1 Å². The molecule has 31 heavy (non-hydrogen) atoms. The second-order valence-electron chi connectivity index (χ2n) is 6.76. The van der Waals surface area contributed by atoms with E-state index in [9.17, 15) is 14.9 Å². The van der Waals surface area contributed by atoms with Crippen molar-refractivity contribution in [1.82, 2.24) is 5.32 Å². The van der Waals surface area contributed by atoms with Crippen molar-refractivity contribution in [2.75, 3.05) is 12.3 Å². The predicted molar refractivity (Wildman–Crippen MR) is 120 cm³/mol. The van der Waals surface area contributed by atoms with E-state index < -0.39 is 16.8 Å². The Morgan fingerprint density at radius 3 is 2.74 bits per heavy atom. The van der Waals surface area contributed by atoms with E-state index in [1.807, 2.05) is 0 Å². The summed E-state index contributed by atoms with van der Waals surface area (Å²) in [6, 6.07) is 13.1. The summed E-state index contributed by atoms with van der Waals surface area (Å²) in [6.07, 6.45) is 1.51. The molecule has 2 aromatic carbocycles. The largest absolute Gasteiger partial charge is 0.463 e. The average Bonchev–Trinajstić information content (AvgIpc) is 2.73. The molecule has 3 N–H and O–H groups in total. The van der Waals surface area contributed by atoms with E-state index >= 15 is 0 Å². The number of carbonyl (C=O) groups is 1. The van der Waals surface area contributed by atoms with Gasteiger partial charge in [0.1, 0.15) is 5.16 Å². The molecule has 1 atom stereocenters. The Morgan fingerprint density at radius 1 is 1.32 bits per heavy atom. The molecule has 2 aromatic rings. The fourth-order valence-electron chi connectivity index (χ4n) is 3.32. The number of dihydropyridines is 1. The van der Waals surface area contributed by atoms with Gasteiger partial charge in [-0.1, -0.05) is 35.9 Å². The van der Waals surface area contributed by atoms with Crippen LogP contribution in [0.1, 0.15) is 25.3 Å². The molecule has 3 rings (SSSR count). The maximum atomic E-state index is 12.8. The number of para-hydroxylation sites is 2. The lowest BCUT2D eigenvalue weighted by atomic mass is 9.82. The number of rotatable bonds is 6. The first-order chi connectivity index (χ1) is 14.8. The van der Waals surface area contributed by atoms with Crippen LogP contribution in [0.2, 0.25) is 0 Å². The van der Waals surface area contributed by atoms with Crippen molar-refractivity contribution in [3.05, 3.63) is 86.2 Å². The van der Waals surface area contributed by atoms with Crippen LogP contribution in [-0.4, -0.2) is 23.7 Å². The smallest absolute Gasteiger partial charge is 0.336 e. The number of nitrogen functional groups attached to an aromatic ring is 1. The summed E-state index contributed by atoms with van der Waals surface area (Å²) in [5.41, 5.74) is 8.64. The van der Waals surface area contributed by atoms with E-state index in [1.54, 1.807) is 50.2 Å². The van der Waals surface area contributed by atoms with Gasteiger partial charge < -0.3 is 15.8 Å². The van der Waals surface area contributed by atoms with Crippen molar-refractivity contribution in [3.63, 3.8) is 0 Å². The lowest BCUT2D eigenvalue weighted by molar-refractivity contribution is -0.384. The zero-order valence-corrected chi connectivity index (χ0v) is 17.7. The molecule has 1 aliphatic rings. The molecule has 0 saturated heterocycles. The minimum Gasteiger partial charge on any atom is -0.463 e. The number of non-ortho nitro benzene ring substituents is 1. The van der Waals surface area contributed by atoms with Gasteiger partial charge in [0.15, 0.2) is 0 Å². The molecule has 1 aliphatic heterocycles. The van der Waals surface area contributed by atoms with Gasteiger partial charge in [-0.05, 0) is 31.5 Å². The van der Waals surface area contributed by atoms with Gasteiger partial charge >= 0.3 is 5.97 Å². The van der Waals surface area contributed by atoms with Gasteiger partial charge in [0.25, 0.3) is 5.69 Å². The highest BCUT2D eigenvalue weighted by molar-refractivity contribution is 6.31. The number of nitrogens with zero attached hydrogens (tertiary/aromatic N) is 2. The maximum Gasteiger partial charge on any atom is 0.336 e. The van der Waals surface area contributed by atoms with Crippen molar-refractivity contribution in [2.24, 2.45) is 4.99 Å². The fourth-order valence-corrected chi connectivity index (χ4v) is 3.62. The first kappa shape index (κ1) is 22.0. The summed E-state index contributed by atoms with van der Waals surface area (Å²) in [5.74, 6) is -1.26. The molecule has 0 radical (unpaired) electrons. The summed E-state index contributed by atoms with van der Waals surface area (Å²) in [5, 5.41) is 14.5. The van der Waals surface area contributed by atoms with Crippen molar-refractivity contribution in [3.8, 4) is 0 Å². The van der Waals surface area contributed by atoms with Gasteiger partial charge in [-0.2, -0.15) is 0 Å². The molecule has 1 unspecified atom stereocenters. The molecule has 0 spiro atoms. The van der Waals surface area contributed by atoms with E-state index in [4.69, 9.17) is 22.1 Å². The third kappa shape index (κ3) is 4.75. The molecule has 0 saturated carbocycles. The first-order valence-corrected chi connectivity index (χ1v) is 9.88. The van der Waals surface area contributed by atoms with Crippen LogP contribution in [0.3, 0.4) is 0 Å². The Morgan fingerprint density at radius 2 is 2.06 bits per heavy atom. The minimum atomic E-state index is -0.721. The molecule has 0 bridgehead atoms. The third-order valence-corrected chi connectivity index (χ3v) is 5.06. The van der Waals surface area contributed by atoms with Crippen LogP contribution in [-0.2, 0) is 9.53 Å². The standard InChI is InChI=1S/C22H21ClN4O4/c1-3-31-22(28)19-13(2)26-21(23)16(12-25-18-10-5-4-9-17(18)24)20(19)14-7-6-8-15(11-14)27(29)30/h4-12,20,26H,3,24H2,1-2H3. The van der Waals surface area contributed by atoms with E-state index in [1.165, 1.54) is 18.3 Å². The number of allylic oxidation sites excluding steroid dienone is 2. The van der Waals surface area contributed by atoms with Crippen molar-refractivity contribution in [2.45, 2.75) is 19.8 Å². The molecule has 0 amide bonds. The fraction of sp³-hybridized carbons (Fsp3) is 0.182. The van der Waals surface area contributed by atoms with E-state index in [-0.39, 0.29) is 17.5 Å². The van der Waals surface area contributed by atoms with Crippen LogP contribution in [0, 0.1) is 10.1 Å². The van der Waals surface area contributed by atoms with Crippen molar-refractivity contribution < 1.29 is 14.5 Å². The number of aliphatic imine (C=N–C) groups is 1. The van der Waals surface area contributed by atoms with Gasteiger partial charge in [0.05, 0.1) is 28.5 Å². The number of nitro groups is 1. The van der Waals surface area contributed by atoms with E-state index in [0.29, 0.717) is 33.8 Å². The summed E-state index contributed by atoms with van der Waals surface area (Å²) in [4.78, 5) is 28.1. The zero-order chi connectivity index (χ0) is 22.5. The number of nitro benzene ring substituents is 1. The van der Waals surface area contributed by atoms with Crippen LogP contribution < -0.4 is 11.1 Å². The van der Waals surface area contributed by atoms with Gasteiger partial charge in [0.2, 0.25) is 0 Å². The van der Waals surface area contributed by atoms with Crippen LogP contribution in [0.15, 0.2) is 75.5 Å². The predicted octanol–water partition coefficient (Wildman–Crippen LogP) is 4.55. The number of halogens is 1. The molecule has 9 heteroatoms. The normalized spacial score (nSPS) is 16.4. The average molecular weight is 441 g/mol. The number of benzene rings is 2. The van der Waals surface area contributed by atoms with Gasteiger partial charge in [-0.25, -0.2) is 4.79 Å². The quantitative estimate of drug-likeness (QED) is 0.170. The van der Waals surface area contributed by atoms with E-state index in [2.05, 4.69) is 10.3 Å². The molecule has 160 valence electrons. The number of ether oxygens (including phenoxy) is 1. The lowest BCUT2D eigenvalue weighted by Gasteiger charge is -2.28. The number of nitrogens with one attached hydrogen (secondary N) is 1. The Balaban J connectivity index is 2.16. The highest BCUT2D eigenvalue weighted by Gasteiger charge is 2.34. The first-order valence-electron chi connectivity index (χ1n) is 9.51. The second kappa shape index (κ2) is 9.44. The summed E-state index contributed by atoms with van der Waals surface area (Å²) >= 11 is 6.50. The molecular formula is C22H21ClN4O4. The van der Waals surface area contributed by atoms with Crippen molar-refractivity contribution in [1.29, 1.82) is 0 Å². The Hall–Kier alpha value is -3.65. The minimum absolute atomic E-state index is 0.100. The maximum absolute atomic E-state index is 12.8. The monoisotopic (exact) mass is 440 g/mol. The van der Waals surface area contributed by atoms with Gasteiger partial charge in [-0.15, -0.1) is 0 Å². The van der Waals surface area contributed by atoms with Gasteiger partial charge in [-0.3, -0.25) is 15.1 Å². The van der Waals surface area contributed by atoms with Crippen LogP contribution >= 0.6 is 11.6 Å². The molecule has 8 nitrogen and oxygen atoms in total. The summed E-state index contributed by atoms with van der Waals surface area (Å²) in [7, 11) is 0. The highest BCUT2D eigenvalue weighted by Crippen LogP contribution is 2.40. The lowest BCUT2D eigenvalue weighted by Crippen LogP contribution is -2.29. The number of hydrogen-bond acceptors (Lipinski definition) is 7. The van der Waals surface area contributed by atoms with Gasteiger partial charge in [0, 0.05) is 35.5 Å². The number of anilines is 1. The molecule has 0 aromatic heterocycles. The third-order valence-electron chi connectivity index (χ3n) is 4.74. The molecule has 0 aliphatic carbocycles. The number of carbonyl (C=O) groups excluding carboxylic acids is 1. The summed E-state index contributed by atoms with van der Waals surface area (Å²) in [6.45, 7) is 3.58. The highest BCUT2D eigenvalue weighted by atomic mass is 35.5. The Labute approximate surface area is 184 Å². The zero-order valence-electron chi connectivity index (χ0n) is 17.0. The Kier molecular flexibility index (Phi) is 6.71. The molecule has 0 fully saturated rings. The van der Waals surface area contributed by atoms with Crippen LogP contribution in [0.5, 0.6) is 0 Å². The second-order valence-corrected chi connectivity index (χ2v) is 7.13. The Bertz CT molecular complexity index is 1120. The topological polar surface area (TPSA) is 120 Å². The number of hydrogen-bond donors (Lipinski definition) is 2. The molecular weight excluding hydrogens is 420 g/mol. The number of nitrogens with two attached hydrogens (primary N) is 1. The van der Waals surface area contributed by atoms with Crippen LogP contribution in [0.25, 0.3) is 0 Å². The number of esters is 1. The molecule has 1 heterocycles. The van der Waals surface area contributed by atoms with E-state index in [0.717, 1.165) is 0 Å². The SMILES string of the molecule is CCOC(=O)C1=C(C)NC(Cl)=C(C=Nc2ccccc2N)C1c1cccc([N+](=O)[O-])c1. The summed E-state index contributed by atoms with van der Waals surface area (Å²) < 4.78 is 5.25.